The minimum absolute atomic E-state index is 0.334. The summed E-state index contributed by atoms with van der Waals surface area (Å²) < 4.78 is 12.3. The van der Waals surface area contributed by atoms with Crippen LogP contribution in [0.15, 0.2) is 58.8 Å². The molecule has 0 aliphatic carbocycles. The molecule has 0 radical (unpaired) electrons. The Hall–Kier alpha value is -3.26. The van der Waals surface area contributed by atoms with Gasteiger partial charge in [0.1, 0.15) is 11.8 Å². The van der Waals surface area contributed by atoms with Crippen LogP contribution >= 0.6 is 0 Å². The Morgan fingerprint density at radius 3 is 1.73 bits per heavy atom. The highest BCUT2D eigenvalue weighted by atomic mass is 16.5. The Morgan fingerprint density at radius 2 is 1.18 bits per heavy atom. The van der Waals surface area contributed by atoms with E-state index in [2.05, 4.69) is 43.6 Å². The molecule has 45 heavy (non-hydrogen) atoms. The van der Waals surface area contributed by atoms with Gasteiger partial charge in [0.05, 0.1) is 52.3 Å². The first-order valence-electron chi connectivity index (χ1n) is 17.2. The zero-order chi connectivity index (χ0) is 32.8. The molecule has 1 N–H and O–H groups in total. The molecule has 1 amide bonds. The fraction of sp³-hybridized carbons (Fsp3) is 0.622. The molecule has 2 aromatic rings. The number of ether oxygens (including phenoxy) is 2. The Labute approximate surface area is 272 Å². The number of hydrogen-bond acceptors (Lipinski definition) is 6. The van der Waals surface area contributed by atoms with E-state index < -0.39 is 12.0 Å². The highest BCUT2D eigenvalue weighted by Gasteiger charge is 2.18. The van der Waals surface area contributed by atoms with Crippen molar-refractivity contribution in [1.82, 2.24) is 5.32 Å². The topological polar surface area (TPSA) is 89.3 Å². The molecule has 0 saturated heterocycles. The van der Waals surface area contributed by atoms with Crippen LogP contribution in [0.3, 0.4) is 0 Å². The summed E-state index contributed by atoms with van der Waals surface area (Å²) in [5.41, 5.74) is 1.79. The highest BCUT2D eigenvalue weighted by Crippen LogP contribution is 2.22. The van der Waals surface area contributed by atoms with E-state index in [0.29, 0.717) is 17.9 Å². The Kier molecular flexibility index (Phi) is 18.8. The molecular formula is C37H59N4O4+. The van der Waals surface area contributed by atoms with E-state index in [9.17, 15) is 9.59 Å². The van der Waals surface area contributed by atoms with E-state index in [1.165, 1.54) is 70.8 Å². The standard InChI is InChI=1S/C37H58N4O4/c1-6-7-8-9-15-19-30-45-37(43)31(2)38-36(42)32-20-22-33(23-21-32)39-40-34-24-26-35(27-25-34)44-29-18-16-13-11-10-12-14-17-28-41(3,4)5/h20-27,31H,6-19,28-30H2,1-5H3/p+1/t31-/m0/s1. The molecule has 8 nitrogen and oxygen atoms in total. The molecule has 1 atom stereocenters. The summed E-state index contributed by atoms with van der Waals surface area (Å²) in [6, 6.07) is 13.7. The lowest BCUT2D eigenvalue weighted by Gasteiger charge is -2.23. The van der Waals surface area contributed by atoms with Gasteiger partial charge in [-0.25, -0.2) is 4.79 Å². The van der Waals surface area contributed by atoms with Gasteiger partial charge in [0, 0.05) is 5.56 Å². The first-order chi connectivity index (χ1) is 21.7. The molecule has 0 spiro atoms. The number of benzene rings is 2. The lowest BCUT2D eigenvalue weighted by molar-refractivity contribution is -0.870. The maximum absolute atomic E-state index is 12.6. The second kappa shape index (κ2) is 22.3. The number of carbonyl (C=O) groups excluding carboxylic acids is 2. The maximum atomic E-state index is 12.6. The molecule has 0 bridgehead atoms. The summed E-state index contributed by atoms with van der Waals surface area (Å²) in [6.07, 6.45) is 17.0. The molecule has 8 heteroatoms. The van der Waals surface area contributed by atoms with E-state index in [1.54, 1.807) is 31.2 Å². The van der Waals surface area contributed by atoms with E-state index >= 15 is 0 Å². The smallest absolute Gasteiger partial charge is 0.328 e. The van der Waals surface area contributed by atoms with Crippen LogP contribution in [0.25, 0.3) is 0 Å². The van der Waals surface area contributed by atoms with Crippen LogP contribution in [0, 0.1) is 0 Å². The van der Waals surface area contributed by atoms with Crippen molar-refractivity contribution in [2.75, 3.05) is 40.9 Å². The summed E-state index contributed by atoms with van der Waals surface area (Å²) in [4.78, 5) is 24.8. The number of carbonyl (C=O) groups is 2. The van der Waals surface area contributed by atoms with Crippen LogP contribution in [0.2, 0.25) is 0 Å². The second-order valence-electron chi connectivity index (χ2n) is 13.1. The zero-order valence-electron chi connectivity index (χ0n) is 28.7. The summed E-state index contributed by atoms with van der Waals surface area (Å²) in [7, 11) is 6.78. The molecular weight excluding hydrogens is 564 g/mol. The van der Waals surface area contributed by atoms with Crippen LogP contribution in [-0.4, -0.2) is 63.3 Å². The second-order valence-corrected chi connectivity index (χ2v) is 13.1. The van der Waals surface area contributed by atoms with Crippen molar-refractivity contribution in [3.05, 3.63) is 54.1 Å². The number of hydrogen-bond donors (Lipinski definition) is 1. The first kappa shape index (κ1) is 37.9. The third kappa shape index (κ3) is 18.3. The largest absolute Gasteiger partial charge is 0.494 e. The van der Waals surface area contributed by atoms with Crippen molar-refractivity contribution < 1.29 is 23.5 Å². The van der Waals surface area contributed by atoms with Crippen LogP contribution in [0.4, 0.5) is 11.4 Å². The van der Waals surface area contributed by atoms with Gasteiger partial charge in [-0.2, -0.15) is 10.2 Å². The van der Waals surface area contributed by atoms with Gasteiger partial charge in [0.25, 0.3) is 5.91 Å². The summed E-state index contributed by atoms with van der Waals surface area (Å²) in [6.45, 7) is 6.20. The van der Waals surface area contributed by atoms with Gasteiger partial charge in [-0.05, 0) is 81.1 Å². The van der Waals surface area contributed by atoms with E-state index in [1.807, 2.05) is 24.3 Å². The molecule has 0 fully saturated rings. The first-order valence-corrected chi connectivity index (χ1v) is 17.2. The van der Waals surface area contributed by atoms with Gasteiger partial charge in [-0.1, -0.05) is 71.1 Å². The molecule has 2 aromatic carbocycles. The number of esters is 1. The average Bonchev–Trinajstić information content (AvgIpc) is 3.02. The van der Waals surface area contributed by atoms with Crippen LogP contribution in [0.1, 0.15) is 114 Å². The van der Waals surface area contributed by atoms with Crippen LogP contribution in [0.5, 0.6) is 5.75 Å². The van der Waals surface area contributed by atoms with Crippen molar-refractivity contribution in [3.8, 4) is 5.75 Å². The minimum Gasteiger partial charge on any atom is -0.494 e. The van der Waals surface area contributed by atoms with Gasteiger partial charge in [-0.3, -0.25) is 4.79 Å². The van der Waals surface area contributed by atoms with Crippen molar-refractivity contribution in [3.63, 3.8) is 0 Å². The average molecular weight is 624 g/mol. The van der Waals surface area contributed by atoms with Gasteiger partial charge in [-0.15, -0.1) is 0 Å². The third-order valence-electron chi connectivity index (χ3n) is 7.68. The molecule has 0 saturated carbocycles. The fourth-order valence-electron chi connectivity index (χ4n) is 4.86. The molecule has 0 aliphatic heterocycles. The molecule has 0 aromatic heterocycles. The van der Waals surface area contributed by atoms with Gasteiger partial charge in [0.15, 0.2) is 0 Å². The predicted molar refractivity (Wildman–Crippen MR) is 184 cm³/mol. The quantitative estimate of drug-likeness (QED) is 0.0546. The number of amides is 1. The zero-order valence-corrected chi connectivity index (χ0v) is 28.7. The van der Waals surface area contributed by atoms with Gasteiger partial charge < -0.3 is 19.3 Å². The Morgan fingerprint density at radius 1 is 0.689 bits per heavy atom. The molecule has 0 heterocycles. The van der Waals surface area contributed by atoms with Gasteiger partial charge in [0.2, 0.25) is 0 Å². The van der Waals surface area contributed by atoms with Crippen molar-refractivity contribution in [2.45, 2.75) is 110 Å². The molecule has 0 unspecified atom stereocenters. The van der Waals surface area contributed by atoms with Crippen LogP contribution in [-0.2, 0) is 9.53 Å². The number of quaternary nitrogens is 1. The number of azo groups is 1. The number of unbranched alkanes of at least 4 members (excludes halogenated alkanes) is 12. The van der Waals surface area contributed by atoms with E-state index in [4.69, 9.17) is 9.47 Å². The van der Waals surface area contributed by atoms with Crippen LogP contribution < -0.4 is 10.1 Å². The lowest BCUT2D eigenvalue weighted by atomic mass is 10.1. The summed E-state index contributed by atoms with van der Waals surface area (Å²) in [5.74, 6) is 0.0864. The van der Waals surface area contributed by atoms with Gasteiger partial charge >= 0.3 is 5.97 Å². The van der Waals surface area contributed by atoms with E-state index in [-0.39, 0.29) is 5.91 Å². The monoisotopic (exact) mass is 623 g/mol. The maximum Gasteiger partial charge on any atom is 0.328 e. The summed E-state index contributed by atoms with van der Waals surface area (Å²) in [5, 5.41) is 11.3. The number of nitrogens with one attached hydrogen (secondary N) is 1. The van der Waals surface area contributed by atoms with E-state index in [0.717, 1.165) is 48.2 Å². The highest BCUT2D eigenvalue weighted by molar-refractivity contribution is 5.96. The minimum atomic E-state index is -0.716. The van der Waals surface area contributed by atoms with Crippen molar-refractivity contribution >= 4 is 23.3 Å². The van der Waals surface area contributed by atoms with Crippen molar-refractivity contribution in [2.24, 2.45) is 10.2 Å². The molecule has 250 valence electrons. The fourth-order valence-corrected chi connectivity index (χ4v) is 4.86. The SMILES string of the molecule is CCCCCCCCOC(=O)[C@H](C)NC(=O)c1ccc(N=Nc2ccc(OCCCCCCCCCC[N+](C)(C)C)cc2)cc1. The number of nitrogens with zero attached hydrogens (tertiary/aromatic N) is 3. The lowest BCUT2D eigenvalue weighted by Crippen LogP contribution is -2.39. The predicted octanol–water partition coefficient (Wildman–Crippen LogP) is 9.33. The third-order valence-corrected chi connectivity index (χ3v) is 7.68. The number of rotatable bonds is 24. The summed E-state index contributed by atoms with van der Waals surface area (Å²) >= 11 is 0. The Bertz CT molecular complexity index is 1110. The normalized spacial score (nSPS) is 12.3. The van der Waals surface area contributed by atoms with Crippen molar-refractivity contribution in [1.29, 1.82) is 0 Å². The Balaban J connectivity index is 1.61. The molecule has 0 aliphatic rings. The molecule has 2 rings (SSSR count).